The molecule has 1 heterocycles. The van der Waals surface area contributed by atoms with Gasteiger partial charge >= 0.3 is 0 Å². The molecule has 4 rings (SSSR count). The van der Waals surface area contributed by atoms with Gasteiger partial charge in [0.1, 0.15) is 11.4 Å². The van der Waals surface area contributed by atoms with Gasteiger partial charge in [-0.2, -0.15) is 0 Å². The number of rotatable bonds is 2. The lowest BCUT2D eigenvalue weighted by atomic mass is 9.60. The van der Waals surface area contributed by atoms with E-state index in [1.54, 1.807) is 0 Å². The molecule has 3 N–H and O–H groups in total. The first-order valence-corrected chi connectivity index (χ1v) is 9.16. The van der Waals surface area contributed by atoms with Gasteiger partial charge in [0.05, 0.1) is 6.04 Å². The van der Waals surface area contributed by atoms with Crippen LogP contribution in [0.3, 0.4) is 0 Å². The van der Waals surface area contributed by atoms with E-state index in [0.29, 0.717) is 35.5 Å². The number of fused-ring (bicyclic) bond motifs is 1. The first kappa shape index (κ1) is 14.0. The molecule has 0 bridgehead atoms. The van der Waals surface area contributed by atoms with Gasteiger partial charge < -0.3 is 10.8 Å². The third kappa shape index (κ3) is 2.15. The van der Waals surface area contributed by atoms with E-state index in [9.17, 15) is 5.11 Å². The van der Waals surface area contributed by atoms with Crippen LogP contribution in [0.25, 0.3) is 0 Å². The summed E-state index contributed by atoms with van der Waals surface area (Å²) in [5, 5.41) is 11.7. The van der Waals surface area contributed by atoms with E-state index in [-0.39, 0.29) is 0 Å². The van der Waals surface area contributed by atoms with Gasteiger partial charge in [0.25, 0.3) is 0 Å². The lowest BCUT2D eigenvalue weighted by Crippen LogP contribution is -2.57. The number of hydrogen-bond acceptors (Lipinski definition) is 3. The van der Waals surface area contributed by atoms with Crippen LogP contribution in [-0.4, -0.2) is 22.6 Å². The summed E-state index contributed by atoms with van der Waals surface area (Å²) in [5.74, 6) is 3.54. The van der Waals surface area contributed by atoms with Crippen LogP contribution in [0.1, 0.15) is 64.7 Å². The summed E-state index contributed by atoms with van der Waals surface area (Å²) in [7, 11) is 0. The van der Waals surface area contributed by atoms with E-state index in [4.69, 9.17) is 10.7 Å². The summed E-state index contributed by atoms with van der Waals surface area (Å²) >= 11 is 0. The molecule has 0 saturated heterocycles. The SMILES string of the molecule is CC1CCC2N=C(N)C(O)(C3CCCCC3C3CC3)C2C1. The van der Waals surface area contributed by atoms with E-state index in [0.717, 1.165) is 25.2 Å². The largest absolute Gasteiger partial charge is 0.385 e. The van der Waals surface area contributed by atoms with E-state index in [2.05, 4.69) is 6.92 Å². The maximum absolute atomic E-state index is 11.7. The van der Waals surface area contributed by atoms with Gasteiger partial charge in [-0.05, 0) is 68.6 Å². The fourth-order valence-corrected chi connectivity index (χ4v) is 5.72. The molecule has 6 atom stereocenters. The number of nitrogens with two attached hydrogens (primary N) is 1. The monoisotopic (exact) mass is 290 g/mol. The zero-order valence-corrected chi connectivity index (χ0v) is 13.3. The van der Waals surface area contributed by atoms with Crippen molar-refractivity contribution in [3.8, 4) is 0 Å². The van der Waals surface area contributed by atoms with E-state index >= 15 is 0 Å². The minimum absolute atomic E-state index is 0.297. The highest BCUT2D eigenvalue weighted by Gasteiger charge is 2.58. The lowest BCUT2D eigenvalue weighted by Gasteiger charge is -2.47. The molecule has 4 aliphatic rings. The van der Waals surface area contributed by atoms with Crippen LogP contribution in [0.4, 0.5) is 0 Å². The maximum Gasteiger partial charge on any atom is 0.129 e. The van der Waals surface area contributed by atoms with Crippen molar-refractivity contribution < 1.29 is 5.11 Å². The topological polar surface area (TPSA) is 58.6 Å². The molecule has 0 spiro atoms. The zero-order chi connectivity index (χ0) is 14.6. The Morgan fingerprint density at radius 1 is 1.05 bits per heavy atom. The van der Waals surface area contributed by atoms with E-state index < -0.39 is 5.60 Å². The summed E-state index contributed by atoms with van der Waals surface area (Å²) in [5.41, 5.74) is 5.55. The minimum atomic E-state index is -0.785. The standard InChI is InChI=1S/C18H30N2O/c1-11-6-9-16-15(10-11)18(21,17(19)20-16)14-5-3-2-4-13(14)12-7-8-12/h11-16,21H,2-10H2,1H3,(H2,19,20). The Balaban J connectivity index is 1.65. The van der Waals surface area contributed by atoms with Crippen LogP contribution in [0.5, 0.6) is 0 Å². The Labute approximate surface area is 128 Å². The molecule has 3 heteroatoms. The molecule has 21 heavy (non-hydrogen) atoms. The second-order valence-corrected chi connectivity index (χ2v) is 8.32. The highest BCUT2D eigenvalue weighted by atomic mass is 16.3. The third-order valence-corrected chi connectivity index (χ3v) is 6.97. The summed E-state index contributed by atoms with van der Waals surface area (Å²) < 4.78 is 0. The van der Waals surface area contributed by atoms with Crippen molar-refractivity contribution in [3.63, 3.8) is 0 Å². The Kier molecular flexibility index (Phi) is 3.33. The van der Waals surface area contributed by atoms with E-state index in [1.165, 1.54) is 38.5 Å². The van der Waals surface area contributed by atoms with Crippen molar-refractivity contribution in [2.24, 2.45) is 40.3 Å². The highest BCUT2D eigenvalue weighted by molar-refractivity contribution is 5.91. The van der Waals surface area contributed by atoms with Crippen molar-refractivity contribution in [1.82, 2.24) is 0 Å². The van der Waals surface area contributed by atoms with Crippen LogP contribution < -0.4 is 5.73 Å². The predicted molar refractivity (Wildman–Crippen MR) is 85.0 cm³/mol. The smallest absolute Gasteiger partial charge is 0.129 e. The quantitative estimate of drug-likeness (QED) is 0.821. The maximum atomic E-state index is 11.7. The van der Waals surface area contributed by atoms with Crippen LogP contribution in [0, 0.1) is 29.6 Å². The average Bonchev–Trinajstić information content (AvgIpc) is 3.29. The predicted octanol–water partition coefficient (Wildman–Crippen LogP) is 3.11. The Hall–Kier alpha value is -0.570. The van der Waals surface area contributed by atoms with Crippen LogP contribution in [0.2, 0.25) is 0 Å². The molecular formula is C18H30N2O. The Bertz CT molecular complexity index is 444. The molecular weight excluding hydrogens is 260 g/mol. The number of aliphatic imine (C=N–C) groups is 1. The number of nitrogens with zero attached hydrogens (tertiary/aromatic N) is 1. The molecule has 3 aliphatic carbocycles. The van der Waals surface area contributed by atoms with Crippen molar-refractivity contribution in [1.29, 1.82) is 0 Å². The van der Waals surface area contributed by atoms with Crippen molar-refractivity contribution >= 4 is 5.84 Å². The lowest BCUT2D eigenvalue weighted by molar-refractivity contribution is -0.0614. The molecule has 0 radical (unpaired) electrons. The molecule has 118 valence electrons. The van der Waals surface area contributed by atoms with Crippen LogP contribution in [0.15, 0.2) is 4.99 Å². The van der Waals surface area contributed by atoms with Gasteiger partial charge in [-0.1, -0.05) is 19.8 Å². The zero-order valence-electron chi connectivity index (χ0n) is 13.3. The normalized spacial score (nSPS) is 50.6. The van der Waals surface area contributed by atoms with Crippen molar-refractivity contribution in [2.75, 3.05) is 0 Å². The van der Waals surface area contributed by atoms with Crippen LogP contribution in [-0.2, 0) is 0 Å². The first-order chi connectivity index (χ1) is 10.1. The number of aliphatic hydroxyl groups is 1. The van der Waals surface area contributed by atoms with Gasteiger partial charge in [-0.3, -0.25) is 4.99 Å². The summed E-state index contributed by atoms with van der Waals surface area (Å²) in [4.78, 5) is 4.73. The van der Waals surface area contributed by atoms with Crippen molar-refractivity contribution in [2.45, 2.75) is 76.4 Å². The minimum Gasteiger partial charge on any atom is -0.385 e. The molecule has 0 aromatic rings. The Morgan fingerprint density at radius 2 is 1.81 bits per heavy atom. The van der Waals surface area contributed by atoms with Gasteiger partial charge in [0, 0.05) is 5.92 Å². The summed E-state index contributed by atoms with van der Waals surface area (Å²) in [6.45, 7) is 2.32. The number of hydrogen-bond donors (Lipinski definition) is 2. The highest BCUT2D eigenvalue weighted by Crippen LogP contribution is 2.55. The number of amidine groups is 1. The molecule has 1 aliphatic heterocycles. The first-order valence-electron chi connectivity index (χ1n) is 9.16. The average molecular weight is 290 g/mol. The summed E-state index contributed by atoms with van der Waals surface area (Å²) in [6, 6.07) is 0.299. The molecule has 3 saturated carbocycles. The molecule has 0 aromatic heterocycles. The second kappa shape index (κ2) is 4.97. The van der Waals surface area contributed by atoms with Gasteiger partial charge in [0.2, 0.25) is 0 Å². The van der Waals surface area contributed by atoms with Gasteiger partial charge in [0.15, 0.2) is 0 Å². The molecule has 0 aromatic carbocycles. The molecule has 0 amide bonds. The van der Waals surface area contributed by atoms with Gasteiger partial charge in [-0.15, -0.1) is 0 Å². The molecule has 3 fully saturated rings. The second-order valence-electron chi connectivity index (χ2n) is 8.32. The van der Waals surface area contributed by atoms with E-state index in [1.807, 2.05) is 0 Å². The van der Waals surface area contributed by atoms with Crippen molar-refractivity contribution in [3.05, 3.63) is 0 Å². The fourth-order valence-electron chi connectivity index (χ4n) is 5.72. The Morgan fingerprint density at radius 3 is 2.57 bits per heavy atom. The molecule has 3 nitrogen and oxygen atoms in total. The van der Waals surface area contributed by atoms with Gasteiger partial charge in [-0.25, -0.2) is 0 Å². The fraction of sp³-hybridized carbons (Fsp3) is 0.944. The molecule has 6 unspecified atom stereocenters. The third-order valence-electron chi connectivity index (χ3n) is 6.97. The summed E-state index contributed by atoms with van der Waals surface area (Å²) in [6.07, 6.45) is 11.3. The van der Waals surface area contributed by atoms with Crippen LogP contribution >= 0.6 is 0 Å².